The zero-order valence-corrected chi connectivity index (χ0v) is 28.5. The highest BCUT2D eigenvalue weighted by Crippen LogP contribution is 2.47. The number of unbranched alkanes of at least 4 members (excludes halogenated alkanes) is 9. The molecule has 2 aromatic carbocycles. The number of carboxylic acid groups (broad SMARTS) is 1. The minimum absolute atomic E-state index is 0.0135. The van der Waals surface area contributed by atoms with E-state index in [0.717, 1.165) is 30.1 Å². The Labute approximate surface area is 282 Å². The Morgan fingerprint density at radius 2 is 1.67 bits per heavy atom. The van der Waals surface area contributed by atoms with E-state index >= 15 is 0 Å². The maximum absolute atomic E-state index is 14.6. The van der Waals surface area contributed by atoms with Crippen molar-refractivity contribution in [2.24, 2.45) is 4.99 Å². The number of nitrogens with zero attached hydrogens (tertiary/aromatic N) is 4. The number of carbonyl (C=O) groups excluding carboxylic acids is 1. The Kier molecular flexibility index (Phi) is 11.7. The van der Waals surface area contributed by atoms with Crippen molar-refractivity contribution < 1.29 is 36.5 Å². The number of carbonyl (C=O) groups is 2. The van der Waals surface area contributed by atoms with Gasteiger partial charge in [-0.1, -0.05) is 89.0 Å². The molecule has 3 heterocycles. The fourth-order valence-electron chi connectivity index (χ4n) is 6.46. The number of aromatic nitrogens is 2. The third kappa shape index (κ3) is 7.18. The van der Waals surface area contributed by atoms with Crippen LogP contribution in [0.3, 0.4) is 0 Å². The maximum Gasteiger partial charge on any atom is 0.338 e. The molecule has 3 atom stereocenters. The number of nitrogens with one attached hydrogen (secondary N) is 1. The number of sulfonamides is 1. The van der Waals surface area contributed by atoms with Crippen LogP contribution in [0.25, 0.3) is 0 Å². The minimum Gasteiger partial charge on any atom is -0.495 e. The summed E-state index contributed by atoms with van der Waals surface area (Å²) in [4.78, 5) is 31.0. The van der Waals surface area contributed by atoms with E-state index in [1.807, 2.05) is 0 Å². The minimum atomic E-state index is -4.17. The maximum atomic E-state index is 14.6. The molecule has 1 spiro atoms. The van der Waals surface area contributed by atoms with Crippen LogP contribution >= 0.6 is 0 Å². The normalized spacial score (nSPS) is 20.0. The number of hydrogen-bond acceptors (Lipinski definition) is 8. The quantitative estimate of drug-likeness (QED) is 0.112. The van der Waals surface area contributed by atoms with Gasteiger partial charge in [0.25, 0.3) is 11.7 Å². The van der Waals surface area contributed by atoms with Gasteiger partial charge in [-0.05, 0) is 30.7 Å². The zero-order valence-electron chi connectivity index (χ0n) is 27.7. The number of ether oxygens (including phenoxy) is 2. The van der Waals surface area contributed by atoms with Gasteiger partial charge >= 0.3 is 16.0 Å². The van der Waals surface area contributed by atoms with E-state index in [1.165, 1.54) is 64.3 Å². The smallest absolute Gasteiger partial charge is 0.338 e. The molecule has 48 heavy (non-hydrogen) atoms. The molecule has 0 saturated carbocycles. The highest BCUT2D eigenvalue weighted by Gasteiger charge is 2.66. The van der Waals surface area contributed by atoms with Crippen molar-refractivity contribution in [1.82, 2.24) is 9.78 Å². The molecule has 0 radical (unpaired) electrons. The fourth-order valence-corrected chi connectivity index (χ4v) is 8.64. The third-order valence-electron chi connectivity index (χ3n) is 9.15. The average Bonchev–Trinajstić information content (AvgIpc) is 3.55. The molecule has 12 nitrogen and oxygen atoms in total. The molecule has 2 aliphatic heterocycles. The van der Waals surface area contributed by atoms with Gasteiger partial charge in [0.05, 0.1) is 43.3 Å². The summed E-state index contributed by atoms with van der Waals surface area (Å²) >= 11 is 0. The molecule has 0 aliphatic carbocycles. The number of hydrogen-bond donors (Lipinski definition) is 2. The molecule has 3 unspecified atom stereocenters. The first-order valence-electron chi connectivity index (χ1n) is 16.9. The Balaban J connectivity index is 1.43. The molecule has 0 bridgehead atoms. The van der Waals surface area contributed by atoms with Gasteiger partial charge in [0, 0.05) is 6.20 Å². The van der Waals surface area contributed by atoms with Crippen LogP contribution in [0.1, 0.15) is 94.0 Å². The van der Waals surface area contributed by atoms with E-state index in [0.29, 0.717) is 24.5 Å². The third-order valence-corrected chi connectivity index (χ3v) is 11.5. The van der Waals surface area contributed by atoms with E-state index in [-0.39, 0.29) is 28.5 Å². The molecular formula is C35H46N5O7S+. The number of methoxy groups -OCH3 is 1. The van der Waals surface area contributed by atoms with E-state index in [1.54, 1.807) is 42.5 Å². The predicted octanol–water partition coefficient (Wildman–Crippen LogP) is 6.69. The lowest BCUT2D eigenvalue weighted by Gasteiger charge is -2.51. The van der Waals surface area contributed by atoms with E-state index < -0.39 is 38.1 Å². The van der Waals surface area contributed by atoms with Gasteiger partial charge in [-0.2, -0.15) is 18.5 Å². The lowest BCUT2D eigenvalue weighted by Crippen LogP contribution is -2.74. The average molecular weight is 681 g/mol. The van der Waals surface area contributed by atoms with Crippen LogP contribution in [-0.4, -0.2) is 71.4 Å². The summed E-state index contributed by atoms with van der Waals surface area (Å²) in [7, 11) is -2.70. The Hall–Kier alpha value is -4.07. The van der Waals surface area contributed by atoms with E-state index in [2.05, 4.69) is 17.3 Å². The van der Waals surface area contributed by atoms with Crippen molar-refractivity contribution in [3.8, 4) is 5.75 Å². The van der Waals surface area contributed by atoms with Gasteiger partial charge in [-0.15, -0.1) is 3.89 Å². The van der Waals surface area contributed by atoms with Crippen LogP contribution in [0.4, 0.5) is 11.4 Å². The Morgan fingerprint density at radius 3 is 2.31 bits per heavy atom. The molecule has 2 aliphatic rings. The summed E-state index contributed by atoms with van der Waals surface area (Å²) in [6.45, 7) is 2.72. The van der Waals surface area contributed by atoms with Crippen LogP contribution in [0, 0.1) is 0 Å². The molecule has 2 N–H and O–H groups in total. The molecule has 1 fully saturated rings. The number of anilines is 1. The number of aromatic carboxylic acids is 1. The van der Waals surface area contributed by atoms with E-state index in [9.17, 15) is 23.1 Å². The molecule has 1 saturated heterocycles. The van der Waals surface area contributed by atoms with Gasteiger partial charge in [-0.3, -0.25) is 4.79 Å². The zero-order chi connectivity index (χ0) is 34.1. The largest absolute Gasteiger partial charge is 0.495 e. The van der Waals surface area contributed by atoms with Crippen LogP contribution in [-0.2, 0) is 19.6 Å². The predicted molar refractivity (Wildman–Crippen MR) is 182 cm³/mol. The van der Waals surface area contributed by atoms with Crippen LogP contribution in [0.2, 0.25) is 0 Å². The lowest BCUT2D eigenvalue weighted by atomic mass is 10.1. The second kappa shape index (κ2) is 15.9. The molecule has 3 aromatic rings. The second-order valence-electron chi connectivity index (χ2n) is 12.3. The number of para-hydroxylation sites is 3. The topological polar surface area (TPSA) is 149 Å². The fraction of sp³-hybridized carbons (Fsp3) is 0.486. The lowest BCUT2D eigenvalue weighted by molar-refractivity contribution is -0.827. The van der Waals surface area contributed by atoms with Gasteiger partial charge in [-0.25, -0.2) is 9.48 Å². The summed E-state index contributed by atoms with van der Waals surface area (Å²) in [5, 5.41) is 16.7. The van der Waals surface area contributed by atoms with Crippen molar-refractivity contribution in [2.75, 3.05) is 25.6 Å². The first-order chi connectivity index (χ1) is 23.2. The Bertz CT molecular complexity index is 1720. The van der Waals surface area contributed by atoms with Gasteiger partial charge in [0.1, 0.15) is 17.2 Å². The number of amidine groups is 1. The van der Waals surface area contributed by atoms with Crippen molar-refractivity contribution in [3.63, 3.8) is 0 Å². The van der Waals surface area contributed by atoms with Gasteiger partial charge < -0.3 is 19.9 Å². The van der Waals surface area contributed by atoms with Crippen molar-refractivity contribution in [3.05, 3.63) is 66.5 Å². The molecule has 258 valence electrons. The monoisotopic (exact) mass is 680 g/mol. The summed E-state index contributed by atoms with van der Waals surface area (Å²) < 4.78 is 41.4. The number of aliphatic imine (C=N–C) groups is 1. The van der Waals surface area contributed by atoms with Gasteiger partial charge in [0.15, 0.2) is 0 Å². The van der Waals surface area contributed by atoms with Gasteiger partial charge in [0.2, 0.25) is 12.3 Å². The highest BCUT2D eigenvalue weighted by atomic mass is 32.2. The molecule has 1 amide bonds. The molecule has 1 aromatic heterocycles. The Morgan fingerprint density at radius 1 is 1.00 bits per heavy atom. The van der Waals surface area contributed by atoms with Crippen LogP contribution < -0.4 is 10.1 Å². The number of rotatable bonds is 18. The van der Waals surface area contributed by atoms with Crippen LogP contribution in [0.5, 0.6) is 5.75 Å². The standard InChI is InChI=1S/C35H45N5O7S/c1-3-4-5-6-7-8-9-10-11-16-23-47-31-21-22-40(31)33(37-28-18-13-15-20-30(28)48(40,44)45)32(39-25-26(24-36-39)35(42)43)34(41)38-27-17-12-14-19-29(27)46-2/h12-15,17-20,24-25,31-32H,3-11,16,21-23H2,1-2H3,(H-,38,41,42,43)/p+1. The van der Waals surface area contributed by atoms with Crippen molar-refractivity contribution in [1.29, 1.82) is 0 Å². The number of amides is 1. The summed E-state index contributed by atoms with van der Waals surface area (Å²) in [6.07, 6.45) is 13.6. The molecule has 5 rings (SSSR count). The first kappa shape index (κ1) is 35.2. The number of carboxylic acids is 1. The summed E-state index contributed by atoms with van der Waals surface area (Å²) in [6, 6.07) is 11.8. The summed E-state index contributed by atoms with van der Waals surface area (Å²) in [5.74, 6) is -1.52. The number of benzene rings is 2. The SMILES string of the molecule is CCCCCCCCCCCCOC1CC[N+]12C(C(C(=O)Nc1ccccc1OC)n1cc(C(=O)O)cn1)=Nc1ccccc1S2(=O)=O. The van der Waals surface area contributed by atoms with Crippen molar-refractivity contribution >= 4 is 39.1 Å². The number of quaternary nitrogens is 1. The number of fused-ring (bicyclic) bond motifs is 1. The molecule has 13 heteroatoms. The summed E-state index contributed by atoms with van der Waals surface area (Å²) in [5.41, 5.74) is 0.384. The highest BCUT2D eigenvalue weighted by molar-refractivity contribution is 7.86. The second-order valence-corrected chi connectivity index (χ2v) is 14.4. The first-order valence-corrected chi connectivity index (χ1v) is 18.3. The van der Waals surface area contributed by atoms with Crippen molar-refractivity contribution in [2.45, 2.75) is 94.7 Å². The molecular weight excluding hydrogens is 634 g/mol. The van der Waals surface area contributed by atoms with Crippen LogP contribution in [0.15, 0.2) is 70.8 Å². The van der Waals surface area contributed by atoms with E-state index in [4.69, 9.17) is 14.5 Å².